The fraction of sp³-hybridized carbons (Fsp3) is 0. The van der Waals surface area contributed by atoms with Gasteiger partial charge in [-0.25, -0.2) is 9.97 Å². The van der Waals surface area contributed by atoms with E-state index in [-0.39, 0.29) is 0 Å². The van der Waals surface area contributed by atoms with Crippen LogP contribution < -0.4 is 5.32 Å². The minimum atomic E-state index is 0.441. The van der Waals surface area contributed by atoms with Crippen LogP contribution in [0.5, 0.6) is 0 Å². The normalized spacial score (nSPS) is 10.5. The molecule has 0 saturated carbocycles. The monoisotopic (exact) mass is 213 g/mol. The van der Waals surface area contributed by atoms with E-state index in [4.69, 9.17) is 0 Å². The molecule has 3 heterocycles. The van der Waals surface area contributed by atoms with E-state index in [0.29, 0.717) is 11.6 Å². The van der Waals surface area contributed by atoms with E-state index in [0.717, 1.165) is 11.1 Å². The molecule has 0 saturated heterocycles. The maximum atomic E-state index is 4.13. The molecule has 0 amide bonds. The summed E-state index contributed by atoms with van der Waals surface area (Å²) >= 11 is 0. The number of hydrogen-bond acceptors (Lipinski definition) is 6. The number of nitrogens with zero attached hydrogens (tertiary/aromatic N) is 5. The number of pyridine rings is 1. The molecular formula is C9H7N7. The minimum Gasteiger partial charge on any atom is -0.322 e. The Morgan fingerprint density at radius 1 is 1.12 bits per heavy atom. The maximum Gasteiger partial charge on any atom is 0.247 e. The molecule has 3 aromatic heterocycles. The van der Waals surface area contributed by atoms with Crippen molar-refractivity contribution in [2.75, 3.05) is 5.32 Å². The smallest absolute Gasteiger partial charge is 0.247 e. The van der Waals surface area contributed by atoms with Crippen LogP contribution in [0.1, 0.15) is 0 Å². The van der Waals surface area contributed by atoms with E-state index in [1.165, 1.54) is 6.20 Å². The van der Waals surface area contributed by atoms with Crippen LogP contribution in [0.2, 0.25) is 0 Å². The van der Waals surface area contributed by atoms with Crippen LogP contribution in [0, 0.1) is 0 Å². The van der Waals surface area contributed by atoms with Gasteiger partial charge in [-0.15, -0.1) is 5.10 Å². The zero-order chi connectivity index (χ0) is 10.8. The number of fused-ring (bicyclic) bond motifs is 1. The fourth-order valence-corrected chi connectivity index (χ4v) is 1.39. The molecule has 0 aliphatic rings. The lowest BCUT2D eigenvalue weighted by Gasteiger charge is -2.03. The molecule has 7 nitrogen and oxygen atoms in total. The topological polar surface area (TPSA) is 92.3 Å². The Hall–Kier alpha value is -2.57. The van der Waals surface area contributed by atoms with Crippen LogP contribution in [-0.2, 0) is 0 Å². The molecule has 0 spiro atoms. The van der Waals surface area contributed by atoms with Gasteiger partial charge in [0.05, 0.1) is 29.7 Å². The van der Waals surface area contributed by atoms with Gasteiger partial charge >= 0.3 is 0 Å². The first-order valence-electron chi connectivity index (χ1n) is 4.62. The Morgan fingerprint density at radius 3 is 3.00 bits per heavy atom. The number of aromatic nitrogens is 6. The summed E-state index contributed by atoms with van der Waals surface area (Å²) in [5.74, 6) is 0.441. The zero-order valence-corrected chi connectivity index (χ0v) is 8.12. The molecule has 16 heavy (non-hydrogen) atoms. The third kappa shape index (κ3) is 1.44. The molecule has 0 fully saturated rings. The number of hydrogen-bond donors (Lipinski definition) is 2. The predicted octanol–water partition coefficient (Wildman–Crippen LogP) is 0.886. The van der Waals surface area contributed by atoms with E-state index < -0.39 is 0 Å². The van der Waals surface area contributed by atoms with Gasteiger partial charge in [-0.3, -0.25) is 5.10 Å². The molecule has 3 rings (SSSR count). The van der Waals surface area contributed by atoms with Gasteiger partial charge in [-0.2, -0.15) is 10.2 Å². The zero-order valence-electron chi connectivity index (χ0n) is 8.12. The van der Waals surface area contributed by atoms with E-state index in [9.17, 15) is 0 Å². The van der Waals surface area contributed by atoms with Gasteiger partial charge in [-0.05, 0) is 6.07 Å². The third-order valence-electron chi connectivity index (χ3n) is 2.08. The van der Waals surface area contributed by atoms with Gasteiger partial charge in [0.2, 0.25) is 5.95 Å². The van der Waals surface area contributed by atoms with Gasteiger partial charge in [0.15, 0.2) is 5.65 Å². The van der Waals surface area contributed by atoms with Crippen molar-refractivity contribution >= 4 is 22.7 Å². The lowest BCUT2D eigenvalue weighted by atomic mass is 10.3. The third-order valence-corrected chi connectivity index (χ3v) is 2.08. The molecule has 0 bridgehead atoms. The van der Waals surface area contributed by atoms with Crippen LogP contribution in [0.25, 0.3) is 11.0 Å². The average Bonchev–Trinajstić information content (AvgIpc) is 2.80. The van der Waals surface area contributed by atoms with Crippen LogP contribution in [0.4, 0.5) is 11.6 Å². The van der Waals surface area contributed by atoms with Gasteiger partial charge < -0.3 is 5.32 Å². The first kappa shape index (κ1) is 8.72. The molecule has 7 heteroatoms. The number of nitrogens with one attached hydrogen (secondary N) is 2. The summed E-state index contributed by atoms with van der Waals surface area (Å²) in [7, 11) is 0. The summed E-state index contributed by atoms with van der Waals surface area (Å²) < 4.78 is 0. The van der Waals surface area contributed by atoms with E-state index in [1.54, 1.807) is 18.6 Å². The average molecular weight is 213 g/mol. The Labute approximate surface area is 90.0 Å². The fourth-order valence-electron chi connectivity index (χ4n) is 1.39. The Balaban J connectivity index is 2.04. The van der Waals surface area contributed by atoms with Gasteiger partial charge in [0.1, 0.15) is 0 Å². The number of H-pyrrole nitrogens is 1. The summed E-state index contributed by atoms with van der Waals surface area (Å²) in [5, 5.41) is 18.2. The first-order chi connectivity index (χ1) is 7.93. The highest BCUT2D eigenvalue weighted by Crippen LogP contribution is 2.20. The van der Waals surface area contributed by atoms with Crippen LogP contribution in [-0.4, -0.2) is 30.4 Å². The molecule has 3 aromatic rings. The Kier molecular flexibility index (Phi) is 1.93. The van der Waals surface area contributed by atoms with Crippen molar-refractivity contribution in [2.45, 2.75) is 0 Å². The minimum absolute atomic E-state index is 0.441. The highest BCUT2D eigenvalue weighted by molar-refractivity contribution is 5.89. The van der Waals surface area contributed by atoms with Crippen molar-refractivity contribution in [1.82, 2.24) is 30.4 Å². The molecule has 0 unspecified atom stereocenters. The van der Waals surface area contributed by atoms with Crippen LogP contribution in [0.3, 0.4) is 0 Å². The van der Waals surface area contributed by atoms with Gasteiger partial charge in [0.25, 0.3) is 0 Å². The lowest BCUT2D eigenvalue weighted by molar-refractivity contribution is 0.979. The quantitative estimate of drug-likeness (QED) is 0.656. The maximum absolute atomic E-state index is 4.13. The van der Waals surface area contributed by atoms with Crippen molar-refractivity contribution in [3.8, 4) is 0 Å². The first-order valence-corrected chi connectivity index (χ1v) is 4.62. The van der Waals surface area contributed by atoms with E-state index in [1.807, 2.05) is 6.07 Å². The van der Waals surface area contributed by atoms with Crippen molar-refractivity contribution in [3.05, 3.63) is 30.9 Å². The molecule has 0 aliphatic carbocycles. The van der Waals surface area contributed by atoms with Crippen molar-refractivity contribution in [1.29, 1.82) is 0 Å². The number of anilines is 2. The van der Waals surface area contributed by atoms with Crippen LogP contribution in [0.15, 0.2) is 30.9 Å². The highest BCUT2D eigenvalue weighted by Gasteiger charge is 2.04. The molecule has 0 aliphatic heterocycles. The standard InChI is InChI=1S/C9H7N7/c1-2-10-8-6(5-13-15-8)7(1)14-9-11-3-4-12-16-9/h1-5H,(H2,10,11,13,14,15,16). The summed E-state index contributed by atoms with van der Waals surface area (Å²) in [6.07, 6.45) is 6.47. The summed E-state index contributed by atoms with van der Waals surface area (Å²) in [6.45, 7) is 0. The van der Waals surface area contributed by atoms with Gasteiger partial charge in [-0.1, -0.05) is 0 Å². The van der Waals surface area contributed by atoms with Crippen molar-refractivity contribution < 1.29 is 0 Å². The molecular weight excluding hydrogens is 206 g/mol. The molecule has 0 aromatic carbocycles. The molecule has 0 radical (unpaired) electrons. The second-order valence-electron chi connectivity index (χ2n) is 3.08. The SMILES string of the molecule is c1cnc(Nc2ccnc3[nH]ncc23)nn1. The predicted molar refractivity (Wildman–Crippen MR) is 57.0 cm³/mol. The molecule has 78 valence electrons. The van der Waals surface area contributed by atoms with E-state index >= 15 is 0 Å². The Bertz CT molecular complexity index is 603. The number of rotatable bonds is 2. The largest absolute Gasteiger partial charge is 0.322 e. The van der Waals surface area contributed by atoms with Crippen molar-refractivity contribution in [2.24, 2.45) is 0 Å². The Morgan fingerprint density at radius 2 is 2.12 bits per heavy atom. The highest BCUT2D eigenvalue weighted by atomic mass is 15.2. The van der Waals surface area contributed by atoms with E-state index in [2.05, 4.69) is 35.7 Å². The summed E-state index contributed by atoms with van der Waals surface area (Å²) in [5.41, 5.74) is 1.56. The van der Waals surface area contributed by atoms with Crippen molar-refractivity contribution in [3.63, 3.8) is 0 Å². The molecule has 0 atom stereocenters. The van der Waals surface area contributed by atoms with Gasteiger partial charge in [0, 0.05) is 6.20 Å². The summed E-state index contributed by atoms with van der Waals surface area (Å²) in [6, 6.07) is 1.83. The summed E-state index contributed by atoms with van der Waals surface area (Å²) in [4.78, 5) is 8.16. The lowest BCUT2D eigenvalue weighted by Crippen LogP contribution is -1.98. The number of aromatic amines is 1. The molecule has 2 N–H and O–H groups in total. The van der Waals surface area contributed by atoms with Crippen LogP contribution >= 0.6 is 0 Å². The second-order valence-corrected chi connectivity index (χ2v) is 3.08. The second kappa shape index (κ2) is 3.54.